The van der Waals surface area contributed by atoms with Crippen LogP contribution in [0.3, 0.4) is 0 Å². The highest BCUT2D eigenvalue weighted by molar-refractivity contribution is 7.92. The minimum atomic E-state index is -3.07. The second-order valence-electron chi connectivity index (χ2n) is 7.22. The Morgan fingerprint density at radius 3 is 2.72 bits per heavy atom. The molecule has 0 saturated carbocycles. The number of rotatable bonds is 3. The summed E-state index contributed by atoms with van der Waals surface area (Å²) in [6.45, 7) is 5.05. The van der Waals surface area contributed by atoms with Crippen LogP contribution >= 0.6 is 11.3 Å². The fraction of sp³-hybridized carbons (Fsp3) is 0.667. The second kappa shape index (κ2) is 6.20. The summed E-state index contributed by atoms with van der Waals surface area (Å²) in [5.74, 6) is 1.16. The molecule has 0 bridgehead atoms. The van der Waals surface area contributed by atoms with Crippen molar-refractivity contribution in [2.75, 3.05) is 23.7 Å². The molecule has 0 radical (unpaired) electrons. The normalized spacial score (nSPS) is 22.1. The van der Waals surface area contributed by atoms with E-state index in [1.807, 2.05) is 13.8 Å². The zero-order valence-electron chi connectivity index (χ0n) is 14.9. The molecule has 0 spiro atoms. The molecule has 136 valence electrons. The average molecular weight is 380 g/mol. The van der Waals surface area contributed by atoms with E-state index in [4.69, 9.17) is 0 Å². The van der Waals surface area contributed by atoms with E-state index in [2.05, 4.69) is 14.9 Å². The zero-order valence-corrected chi connectivity index (χ0v) is 16.5. The van der Waals surface area contributed by atoms with Crippen LogP contribution in [0.4, 0.5) is 5.82 Å². The van der Waals surface area contributed by atoms with Crippen molar-refractivity contribution < 1.29 is 8.42 Å². The van der Waals surface area contributed by atoms with Gasteiger partial charge in [-0.25, -0.2) is 18.4 Å². The van der Waals surface area contributed by atoms with Gasteiger partial charge in [0.2, 0.25) is 0 Å². The Morgan fingerprint density at radius 2 is 1.96 bits per heavy atom. The summed E-state index contributed by atoms with van der Waals surface area (Å²) in [5, 5.41) is 1.18. The molecular weight excluding hydrogens is 354 g/mol. The maximum absolute atomic E-state index is 12.7. The van der Waals surface area contributed by atoms with Crippen LogP contribution in [0.2, 0.25) is 0 Å². The van der Waals surface area contributed by atoms with E-state index in [9.17, 15) is 8.42 Å². The van der Waals surface area contributed by atoms with Crippen molar-refractivity contribution in [2.24, 2.45) is 0 Å². The van der Waals surface area contributed by atoms with Gasteiger partial charge in [-0.15, -0.1) is 11.3 Å². The smallest absolute Gasteiger partial charge is 0.159 e. The lowest BCUT2D eigenvalue weighted by Crippen LogP contribution is -2.56. The van der Waals surface area contributed by atoms with Gasteiger partial charge in [-0.3, -0.25) is 0 Å². The van der Waals surface area contributed by atoms with Crippen LogP contribution in [0, 0.1) is 0 Å². The molecule has 25 heavy (non-hydrogen) atoms. The Balaban J connectivity index is 1.81. The summed E-state index contributed by atoms with van der Waals surface area (Å²) in [7, 11) is -3.07. The van der Waals surface area contributed by atoms with Gasteiger partial charge >= 0.3 is 0 Å². The van der Waals surface area contributed by atoms with Crippen LogP contribution in [0.15, 0.2) is 6.33 Å². The maximum atomic E-state index is 12.7. The molecule has 1 aliphatic carbocycles. The Morgan fingerprint density at radius 1 is 1.20 bits per heavy atom. The quantitative estimate of drug-likeness (QED) is 0.818. The van der Waals surface area contributed by atoms with Crippen molar-refractivity contribution in [3.63, 3.8) is 0 Å². The van der Waals surface area contributed by atoms with Crippen molar-refractivity contribution >= 4 is 37.2 Å². The number of aromatic nitrogens is 2. The van der Waals surface area contributed by atoms with Crippen molar-refractivity contribution in [1.82, 2.24) is 9.97 Å². The first kappa shape index (κ1) is 17.2. The lowest BCUT2D eigenvalue weighted by atomic mass is 9.96. The van der Waals surface area contributed by atoms with E-state index in [1.54, 1.807) is 17.7 Å². The predicted molar refractivity (Wildman–Crippen MR) is 103 cm³/mol. The first-order valence-electron chi connectivity index (χ1n) is 9.24. The highest BCUT2D eigenvalue weighted by atomic mass is 32.2. The molecule has 1 saturated heterocycles. The molecule has 0 atom stereocenters. The van der Waals surface area contributed by atoms with Crippen molar-refractivity contribution in [1.29, 1.82) is 0 Å². The van der Waals surface area contributed by atoms with E-state index in [-0.39, 0.29) is 5.75 Å². The van der Waals surface area contributed by atoms with Crippen LogP contribution in [0.25, 0.3) is 10.2 Å². The van der Waals surface area contributed by atoms with Crippen molar-refractivity contribution in [2.45, 2.75) is 57.1 Å². The summed E-state index contributed by atoms with van der Waals surface area (Å²) in [6, 6.07) is 0. The molecule has 0 amide bonds. The predicted octanol–water partition coefficient (Wildman–Crippen LogP) is 3.36. The van der Waals surface area contributed by atoms with Crippen molar-refractivity contribution in [3.05, 3.63) is 16.8 Å². The number of aryl methyl sites for hydroxylation is 2. The largest absolute Gasteiger partial charge is 0.353 e. The number of thiophene rings is 1. The monoisotopic (exact) mass is 379 g/mol. The third kappa shape index (κ3) is 2.58. The third-order valence-electron chi connectivity index (χ3n) is 6.09. The highest BCUT2D eigenvalue weighted by Crippen LogP contribution is 2.41. The molecule has 2 aromatic heterocycles. The SMILES string of the molecule is CCC1(CC)CN(c2ncnc3sc4c(c23)CCCC4)CCS1(=O)=O. The van der Waals surface area contributed by atoms with Crippen LogP contribution in [-0.4, -0.2) is 42.0 Å². The Labute approximate surface area is 153 Å². The van der Waals surface area contributed by atoms with E-state index in [0.29, 0.717) is 25.9 Å². The van der Waals surface area contributed by atoms with Gasteiger partial charge < -0.3 is 4.90 Å². The summed E-state index contributed by atoms with van der Waals surface area (Å²) in [4.78, 5) is 13.8. The van der Waals surface area contributed by atoms with E-state index < -0.39 is 14.6 Å². The third-order valence-corrected chi connectivity index (χ3v) is 10.0. The Kier molecular flexibility index (Phi) is 4.27. The number of nitrogens with zero attached hydrogens (tertiary/aromatic N) is 3. The average Bonchev–Trinajstić information content (AvgIpc) is 3.00. The molecule has 3 heterocycles. The van der Waals surface area contributed by atoms with E-state index in [1.165, 1.54) is 28.7 Å². The molecule has 4 rings (SSSR count). The minimum absolute atomic E-state index is 0.215. The first-order chi connectivity index (χ1) is 12.0. The highest BCUT2D eigenvalue weighted by Gasteiger charge is 2.46. The van der Waals surface area contributed by atoms with Crippen molar-refractivity contribution in [3.8, 4) is 0 Å². The molecule has 0 N–H and O–H groups in total. The zero-order chi connectivity index (χ0) is 17.7. The fourth-order valence-corrected chi connectivity index (χ4v) is 7.73. The number of sulfone groups is 1. The lowest BCUT2D eigenvalue weighted by Gasteiger charge is -2.42. The van der Waals surface area contributed by atoms with Crippen LogP contribution in [0.5, 0.6) is 0 Å². The Hall–Kier alpha value is -1.21. The lowest BCUT2D eigenvalue weighted by molar-refractivity contribution is 0.458. The molecule has 1 fully saturated rings. The van der Waals surface area contributed by atoms with Gasteiger partial charge in [-0.2, -0.15) is 0 Å². The first-order valence-corrected chi connectivity index (χ1v) is 11.7. The summed E-state index contributed by atoms with van der Waals surface area (Å²) in [5.41, 5.74) is 1.41. The van der Waals surface area contributed by atoms with Gasteiger partial charge in [-0.1, -0.05) is 13.8 Å². The van der Waals surface area contributed by atoms with Gasteiger partial charge in [0.1, 0.15) is 17.0 Å². The number of hydrogen-bond acceptors (Lipinski definition) is 6. The van der Waals surface area contributed by atoms with E-state index in [0.717, 1.165) is 23.5 Å². The molecule has 1 aliphatic heterocycles. The summed E-state index contributed by atoms with van der Waals surface area (Å²) >= 11 is 1.79. The number of anilines is 1. The molecule has 2 aliphatic rings. The summed E-state index contributed by atoms with van der Waals surface area (Å²) in [6.07, 6.45) is 7.64. The van der Waals surface area contributed by atoms with Gasteiger partial charge in [-0.05, 0) is 44.1 Å². The Bertz CT molecular complexity index is 900. The molecule has 7 heteroatoms. The molecular formula is C18H25N3O2S2. The van der Waals surface area contributed by atoms with Gasteiger partial charge in [0.05, 0.1) is 15.9 Å². The van der Waals surface area contributed by atoms with Crippen LogP contribution < -0.4 is 4.90 Å². The van der Waals surface area contributed by atoms with Crippen LogP contribution in [-0.2, 0) is 22.7 Å². The fourth-order valence-electron chi connectivity index (χ4n) is 4.38. The standard InChI is InChI=1S/C18H25N3O2S2/c1-3-18(4-2)11-21(9-10-25(18,22)23)16-15-13-7-5-6-8-14(13)24-17(15)20-12-19-16/h12H,3-11H2,1-2H3. The van der Waals surface area contributed by atoms with Gasteiger partial charge in [0.25, 0.3) is 0 Å². The maximum Gasteiger partial charge on any atom is 0.159 e. The minimum Gasteiger partial charge on any atom is -0.353 e. The second-order valence-corrected chi connectivity index (χ2v) is 10.8. The van der Waals surface area contributed by atoms with Crippen LogP contribution in [0.1, 0.15) is 50.0 Å². The molecule has 2 aromatic rings. The van der Waals surface area contributed by atoms with Gasteiger partial charge in [0.15, 0.2) is 9.84 Å². The van der Waals surface area contributed by atoms with E-state index >= 15 is 0 Å². The number of hydrogen-bond donors (Lipinski definition) is 0. The molecule has 0 aromatic carbocycles. The number of fused-ring (bicyclic) bond motifs is 3. The van der Waals surface area contributed by atoms with Gasteiger partial charge in [0, 0.05) is 18.0 Å². The topological polar surface area (TPSA) is 63.2 Å². The molecule has 5 nitrogen and oxygen atoms in total. The molecule has 0 unspecified atom stereocenters. The summed E-state index contributed by atoms with van der Waals surface area (Å²) < 4.78 is 24.8.